The molecule has 1 N–H and O–H groups in total. The average molecular weight is 359 g/mol. The number of hydrogen-bond donors (Lipinski definition) is 1. The Labute approximate surface area is 153 Å². The summed E-state index contributed by atoms with van der Waals surface area (Å²) < 4.78 is 0. The summed E-state index contributed by atoms with van der Waals surface area (Å²) in [5.74, 6) is 7.04. The molecule has 1 amide bonds. The second-order valence-electron chi connectivity index (χ2n) is 7.64. The van der Waals surface area contributed by atoms with Crippen molar-refractivity contribution in [1.29, 1.82) is 0 Å². The molecule has 5 heteroatoms. The molecule has 2 bridgehead atoms. The molecule has 4 aliphatic rings. The number of piperidine rings is 1. The van der Waals surface area contributed by atoms with E-state index in [2.05, 4.69) is 27.7 Å². The fourth-order valence-electron chi connectivity index (χ4n) is 4.33. The van der Waals surface area contributed by atoms with Crippen LogP contribution in [0.4, 0.5) is 0 Å². The van der Waals surface area contributed by atoms with E-state index in [1.807, 2.05) is 6.07 Å². The Morgan fingerprint density at radius 2 is 2.08 bits per heavy atom. The van der Waals surface area contributed by atoms with Crippen LogP contribution in [0.3, 0.4) is 0 Å². The summed E-state index contributed by atoms with van der Waals surface area (Å²) in [7, 11) is 0. The zero-order valence-corrected chi connectivity index (χ0v) is 15.4. The van der Waals surface area contributed by atoms with Gasteiger partial charge in [-0.25, -0.2) is 0 Å². The van der Waals surface area contributed by atoms with Crippen molar-refractivity contribution in [2.45, 2.75) is 44.7 Å². The zero-order valence-electron chi connectivity index (χ0n) is 14.6. The van der Waals surface area contributed by atoms with Crippen LogP contribution in [-0.4, -0.2) is 53.1 Å². The van der Waals surface area contributed by atoms with Crippen molar-refractivity contribution in [2.24, 2.45) is 11.8 Å². The van der Waals surface area contributed by atoms with Crippen LogP contribution in [0.15, 0.2) is 12.1 Å². The van der Waals surface area contributed by atoms with E-state index in [1.165, 1.54) is 24.1 Å². The molecule has 0 aromatic carbocycles. The maximum Gasteiger partial charge on any atom is 0.227 e. The van der Waals surface area contributed by atoms with E-state index in [-0.39, 0.29) is 12.5 Å². The van der Waals surface area contributed by atoms with Crippen molar-refractivity contribution in [2.75, 3.05) is 26.2 Å². The number of fused-ring (bicyclic) bond motifs is 4. The summed E-state index contributed by atoms with van der Waals surface area (Å²) >= 11 is 1.70. The predicted molar refractivity (Wildman–Crippen MR) is 99.1 cm³/mol. The number of hydrogen-bond acceptors (Lipinski definition) is 4. The van der Waals surface area contributed by atoms with Crippen LogP contribution in [0.1, 0.15) is 41.9 Å². The van der Waals surface area contributed by atoms with Gasteiger partial charge in [-0.15, -0.1) is 11.3 Å². The maximum atomic E-state index is 12.9. The molecule has 0 spiro atoms. The van der Waals surface area contributed by atoms with Crippen molar-refractivity contribution < 1.29 is 9.90 Å². The Morgan fingerprint density at radius 1 is 1.20 bits per heavy atom. The number of rotatable bonds is 4. The second-order valence-corrected chi connectivity index (χ2v) is 8.80. The first kappa shape index (κ1) is 17.1. The maximum absolute atomic E-state index is 12.9. The van der Waals surface area contributed by atoms with E-state index < -0.39 is 0 Å². The van der Waals surface area contributed by atoms with Gasteiger partial charge in [-0.1, -0.05) is 18.3 Å². The number of carbonyl (C=O) groups excluding carboxylic acids is 1. The molecular formula is C20H26N2O2S. The lowest BCUT2D eigenvalue weighted by molar-refractivity contribution is -0.141. The summed E-state index contributed by atoms with van der Waals surface area (Å²) in [5, 5.41) is 8.81. The molecule has 25 heavy (non-hydrogen) atoms. The van der Waals surface area contributed by atoms with E-state index in [1.54, 1.807) is 11.3 Å². The number of aliphatic hydroxyl groups excluding tert-OH is 1. The van der Waals surface area contributed by atoms with Crippen LogP contribution in [0.5, 0.6) is 0 Å². The molecule has 4 heterocycles. The predicted octanol–water partition coefficient (Wildman–Crippen LogP) is 2.31. The quantitative estimate of drug-likeness (QED) is 0.840. The molecule has 0 radical (unpaired) electrons. The smallest absolute Gasteiger partial charge is 0.227 e. The monoisotopic (exact) mass is 358 g/mol. The normalized spacial score (nSPS) is 26.9. The van der Waals surface area contributed by atoms with Crippen LogP contribution in [0.2, 0.25) is 0 Å². The van der Waals surface area contributed by atoms with Crippen molar-refractivity contribution in [3.8, 4) is 11.8 Å². The van der Waals surface area contributed by atoms with Crippen LogP contribution < -0.4 is 0 Å². The largest absolute Gasteiger partial charge is 0.384 e. The van der Waals surface area contributed by atoms with Gasteiger partial charge in [-0.05, 0) is 43.7 Å². The fourth-order valence-corrected chi connectivity index (χ4v) is 5.25. The first-order chi connectivity index (χ1) is 12.2. The average Bonchev–Trinajstić information content (AvgIpc) is 2.84. The highest BCUT2D eigenvalue weighted by atomic mass is 32.1. The molecule has 2 atom stereocenters. The molecule has 0 unspecified atom stereocenters. The van der Waals surface area contributed by atoms with E-state index in [9.17, 15) is 4.79 Å². The Bertz CT molecular complexity index is 685. The van der Waals surface area contributed by atoms with Crippen molar-refractivity contribution in [3.05, 3.63) is 21.9 Å². The van der Waals surface area contributed by atoms with Gasteiger partial charge in [0.2, 0.25) is 5.91 Å². The van der Waals surface area contributed by atoms with Crippen LogP contribution >= 0.6 is 11.3 Å². The fraction of sp³-hybridized carbons (Fsp3) is 0.650. The standard InChI is InChI=1S/C20H26N2O2S/c23-10-2-5-18-8-9-19(25-18)14-21-12-16-6-7-17(13-21)22(20(16)24)11-15-3-1-4-15/h8-9,15-17,23H,1,3-4,6-7,10-14H2/t16-,17+/m1/s1. The van der Waals surface area contributed by atoms with Gasteiger partial charge >= 0.3 is 0 Å². The number of amides is 1. The third kappa shape index (κ3) is 3.76. The first-order valence-corrected chi connectivity index (χ1v) is 10.3. The SMILES string of the molecule is O=C1[C@@H]2CC[C@@H](CN(Cc3ccc(C#CCO)s3)C2)N1CC1CCC1. The van der Waals surface area contributed by atoms with Gasteiger partial charge in [0.15, 0.2) is 0 Å². The number of aliphatic hydroxyl groups is 1. The van der Waals surface area contributed by atoms with Gasteiger partial charge in [0.1, 0.15) is 6.61 Å². The van der Waals surface area contributed by atoms with Gasteiger partial charge in [0.05, 0.1) is 10.8 Å². The summed E-state index contributed by atoms with van der Waals surface area (Å²) in [5.41, 5.74) is 0. The van der Waals surface area contributed by atoms with Gasteiger partial charge in [-0.3, -0.25) is 9.69 Å². The minimum atomic E-state index is -0.0956. The molecule has 4 fully saturated rings. The lowest BCUT2D eigenvalue weighted by Crippen LogP contribution is -2.50. The topological polar surface area (TPSA) is 43.8 Å². The van der Waals surface area contributed by atoms with E-state index >= 15 is 0 Å². The molecule has 1 saturated carbocycles. The highest BCUT2D eigenvalue weighted by Crippen LogP contribution is 2.34. The zero-order chi connectivity index (χ0) is 17.2. The van der Waals surface area contributed by atoms with Crippen molar-refractivity contribution >= 4 is 17.2 Å². The molecule has 4 nitrogen and oxygen atoms in total. The molecule has 5 rings (SSSR count). The van der Waals surface area contributed by atoms with Crippen LogP contribution in [-0.2, 0) is 11.3 Å². The number of thiophene rings is 1. The lowest BCUT2D eigenvalue weighted by atomic mass is 9.83. The third-order valence-corrected chi connectivity index (χ3v) is 6.87. The molecule has 1 aromatic heterocycles. The van der Waals surface area contributed by atoms with E-state index in [0.29, 0.717) is 11.9 Å². The van der Waals surface area contributed by atoms with Gasteiger partial charge in [0, 0.05) is 37.1 Å². The molecule has 134 valence electrons. The van der Waals surface area contributed by atoms with Gasteiger partial charge < -0.3 is 10.0 Å². The minimum absolute atomic E-state index is 0.0956. The lowest BCUT2D eigenvalue weighted by Gasteiger charge is -2.40. The summed E-state index contributed by atoms with van der Waals surface area (Å²) in [6.45, 7) is 3.70. The van der Waals surface area contributed by atoms with Crippen molar-refractivity contribution in [1.82, 2.24) is 9.80 Å². The van der Waals surface area contributed by atoms with Gasteiger partial charge in [-0.2, -0.15) is 0 Å². The summed E-state index contributed by atoms with van der Waals surface area (Å²) in [6.07, 6.45) is 6.17. The summed E-state index contributed by atoms with van der Waals surface area (Å²) in [6, 6.07) is 4.57. The van der Waals surface area contributed by atoms with Gasteiger partial charge in [0.25, 0.3) is 0 Å². The molecule has 1 aliphatic carbocycles. The second kappa shape index (κ2) is 7.49. The highest BCUT2D eigenvalue weighted by Gasteiger charge is 2.41. The van der Waals surface area contributed by atoms with Crippen molar-refractivity contribution in [3.63, 3.8) is 0 Å². The Morgan fingerprint density at radius 3 is 2.84 bits per heavy atom. The van der Waals surface area contributed by atoms with E-state index in [0.717, 1.165) is 49.8 Å². The minimum Gasteiger partial charge on any atom is -0.384 e. The highest BCUT2D eigenvalue weighted by molar-refractivity contribution is 7.12. The molecular weight excluding hydrogens is 332 g/mol. The van der Waals surface area contributed by atoms with Crippen LogP contribution in [0, 0.1) is 23.7 Å². The number of nitrogens with zero attached hydrogens (tertiary/aromatic N) is 2. The third-order valence-electron chi connectivity index (χ3n) is 5.88. The Kier molecular flexibility index (Phi) is 5.12. The number of carbonyl (C=O) groups is 1. The van der Waals surface area contributed by atoms with Crippen LogP contribution in [0.25, 0.3) is 0 Å². The Hall–Kier alpha value is -1.35. The molecule has 3 saturated heterocycles. The molecule has 3 aliphatic heterocycles. The van der Waals surface area contributed by atoms with E-state index in [4.69, 9.17) is 5.11 Å². The first-order valence-electron chi connectivity index (χ1n) is 9.44. The Balaban J connectivity index is 1.42. The summed E-state index contributed by atoms with van der Waals surface area (Å²) in [4.78, 5) is 19.9. The molecule has 1 aromatic rings.